The third kappa shape index (κ3) is 2.13. The lowest BCUT2D eigenvalue weighted by molar-refractivity contribution is 0.218. The van der Waals surface area contributed by atoms with Gasteiger partial charge in [-0.05, 0) is 36.2 Å². The van der Waals surface area contributed by atoms with Crippen LogP contribution in [0, 0.1) is 11.3 Å². The first-order valence-electron chi connectivity index (χ1n) is 6.91. The Morgan fingerprint density at radius 3 is 2.85 bits per heavy atom. The molecule has 0 saturated carbocycles. The average molecular weight is 292 g/mol. The van der Waals surface area contributed by atoms with Gasteiger partial charge >= 0.3 is 0 Å². The Kier molecular flexibility index (Phi) is 3.10. The number of aromatic amines is 1. The summed E-state index contributed by atoms with van der Waals surface area (Å²) >= 11 is 1.64. The van der Waals surface area contributed by atoms with Crippen molar-refractivity contribution in [2.75, 3.05) is 5.43 Å². The highest BCUT2D eigenvalue weighted by Crippen LogP contribution is 2.41. The molecule has 0 unspecified atom stereocenters. The van der Waals surface area contributed by atoms with E-state index in [-0.39, 0.29) is 5.56 Å². The van der Waals surface area contributed by atoms with Gasteiger partial charge in [-0.2, -0.15) is 0 Å². The minimum atomic E-state index is -0.0883. The monoisotopic (exact) mass is 292 g/mol. The Bertz CT molecular complexity index is 710. The molecule has 2 aromatic heterocycles. The van der Waals surface area contributed by atoms with E-state index in [1.807, 2.05) is 0 Å². The fraction of sp³-hybridized carbons (Fsp3) is 0.571. The summed E-state index contributed by atoms with van der Waals surface area (Å²) in [6.45, 7) is 6.87. The molecule has 6 heteroatoms. The number of nitrogens with two attached hydrogens (primary N) is 1. The number of nitrogens with one attached hydrogen (secondary N) is 2. The van der Waals surface area contributed by atoms with E-state index in [0.717, 1.165) is 29.5 Å². The number of thiophene rings is 1. The molecule has 2 aromatic rings. The maximum absolute atomic E-state index is 12.2. The highest BCUT2D eigenvalue weighted by molar-refractivity contribution is 7.18. The van der Waals surface area contributed by atoms with Gasteiger partial charge in [-0.3, -0.25) is 15.2 Å². The topological polar surface area (TPSA) is 83.8 Å². The van der Waals surface area contributed by atoms with Crippen molar-refractivity contribution < 1.29 is 0 Å². The molecule has 0 amide bonds. The van der Waals surface area contributed by atoms with Crippen LogP contribution in [0.15, 0.2) is 4.79 Å². The predicted molar refractivity (Wildman–Crippen MR) is 83.0 cm³/mol. The fourth-order valence-corrected chi connectivity index (χ4v) is 4.29. The van der Waals surface area contributed by atoms with Crippen LogP contribution in [0.5, 0.6) is 0 Å². The Labute approximate surface area is 121 Å². The SMILES string of the molecule is CC(C)(C)[C@H]1CCc2c(sc3nc(NN)[nH]c(=O)c23)C1. The third-order valence-corrected chi connectivity index (χ3v) is 5.43. The number of fused-ring (bicyclic) bond motifs is 3. The van der Waals surface area contributed by atoms with Gasteiger partial charge in [0, 0.05) is 4.88 Å². The van der Waals surface area contributed by atoms with Crippen LogP contribution >= 0.6 is 11.3 Å². The molecule has 0 spiro atoms. The quantitative estimate of drug-likeness (QED) is 0.557. The Morgan fingerprint density at radius 1 is 1.45 bits per heavy atom. The second-order valence-electron chi connectivity index (χ2n) is 6.55. The Balaban J connectivity index is 2.11. The summed E-state index contributed by atoms with van der Waals surface area (Å²) in [5.41, 5.74) is 3.83. The molecule has 20 heavy (non-hydrogen) atoms. The fourth-order valence-electron chi connectivity index (χ4n) is 2.99. The maximum Gasteiger partial charge on any atom is 0.261 e. The number of nitrogen functional groups attached to an aromatic ring is 1. The number of anilines is 1. The summed E-state index contributed by atoms with van der Waals surface area (Å²) < 4.78 is 0. The van der Waals surface area contributed by atoms with Crippen molar-refractivity contribution in [1.29, 1.82) is 0 Å². The largest absolute Gasteiger partial charge is 0.294 e. The number of hydrogen-bond acceptors (Lipinski definition) is 5. The minimum Gasteiger partial charge on any atom is -0.294 e. The van der Waals surface area contributed by atoms with Gasteiger partial charge < -0.3 is 0 Å². The molecular formula is C14H20N4OS. The lowest BCUT2D eigenvalue weighted by Gasteiger charge is -2.33. The van der Waals surface area contributed by atoms with Crippen molar-refractivity contribution in [3.05, 3.63) is 20.8 Å². The van der Waals surface area contributed by atoms with Crippen LogP contribution in [0.2, 0.25) is 0 Å². The number of rotatable bonds is 1. The number of nitrogens with zero attached hydrogens (tertiary/aromatic N) is 1. The molecule has 3 rings (SSSR count). The van der Waals surface area contributed by atoms with Gasteiger partial charge in [0.05, 0.1) is 5.39 Å². The van der Waals surface area contributed by atoms with E-state index in [4.69, 9.17) is 5.84 Å². The van der Waals surface area contributed by atoms with E-state index in [2.05, 4.69) is 36.2 Å². The molecule has 1 aliphatic carbocycles. The summed E-state index contributed by atoms with van der Waals surface area (Å²) in [6.07, 6.45) is 3.15. The van der Waals surface area contributed by atoms with Crippen LogP contribution in [-0.2, 0) is 12.8 Å². The number of hydrogen-bond donors (Lipinski definition) is 3. The lowest BCUT2D eigenvalue weighted by Crippen LogP contribution is -2.26. The number of hydrazine groups is 1. The van der Waals surface area contributed by atoms with E-state index in [9.17, 15) is 4.79 Å². The van der Waals surface area contributed by atoms with Crippen molar-refractivity contribution in [3.8, 4) is 0 Å². The molecule has 0 bridgehead atoms. The Morgan fingerprint density at radius 2 is 2.20 bits per heavy atom. The first-order chi connectivity index (χ1) is 9.40. The summed E-state index contributed by atoms with van der Waals surface area (Å²) in [6, 6.07) is 0. The summed E-state index contributed by atoms with van der Waals surface area (Å²) in [7, 11) is 0. The zero-order valence-corrected chi connectivity index (χ0v) is 12.9. The van der Waals surface area contributed by atoms with Crippen molar-refractivity contribution in [2.45, 2.75) is 40.0 Å². The van der Waals surface area contributed by atoms with Crippen LogP contribution in [-0.4, -0.2) is 9.97 Å². The number of H-pyrrole nitrogens is 1. The standard InChI is InChI=1S/C14H20N4OS/c1-14(2,3)7-4-5-8-9(6-7)20-12-10(8)11(19)16-13(17-12)18-15/h7H,4-6,15H2,1-3H3,(H2,16,17,18,19)/t7-/m0/s1. The van der Waals surface area contributed by atoms with Crippen LogP contribution < -0.4 is 16.8 Å². The molecule has 4 N–H and O–H groups in total. The van der Waals surface area contributed by atoms with Gasteiger partial charge in [0.1, 0.15) is 4.83 Å². The first-order valence-corrected chi connectivity index (χ1v) is 7.73. The van der Waals surface area contributed by atoms with E-state index < -0.39 is 0 Å². The lowest BCUT2D eigenvalue weighted by atomic mass is 9.72. The van der Waals surface area contributed by atoms with Crippen LogP contribution in [0.25, 0.3) is 10.2 Å². The summed E-state index contributed by atoms with van der Waals surface area (Å²) in [5.74, 6) is 6.32. The maximum atomic E-state index is 12.2. The molecule has 0 fully saturated rings. The second kappa shape index (κ2) is 4.56. The molecule has 0 radical (unpaired) electrons. The highest BCUT2D eigenvalue weighted by atomic mass is 32.1. The second-order valence-corrected chi connectivity index (χ2v) is 7.63. The van der Waals surface area contributed by atoms with E-state index in [1.54, 1.807) is 11.3 Å². The molecule has 0 aromatic carbocycles. The van der Waals surface area contributed by atoms with Gasteiger partial charge in [-0.25, -0.2) is 10.8 Å². The molecular weight excluding hydrogens is 272 g/mol. The average Bonchev–Trinajstić information content (AvgIpc) is 2.74. The van der Waals surface area contributed by atoms with Gasteiger partial charge in [-0.15, -0.1) is 11.3 Å². The van der Waals surface area contributed by atoms with Crippen LogP contribution in [0.3, 0.4) is 0 Å². The molecule has 2 heterocycles. The van der Waals surface area contributed by atoms with Crippen LogP contribution in [0.4, 0.5) is 5.95 Å². The van der Waals surface area contributed by atoms with Crippen molar-refractivity contribution in [2.24, 2.45) is 17.2 Å². The van der Waals surface area contributed by atoms with Gasteiger partial charge in [0.2, 0.25) is 5.95 Å². The molecule has 1 aliphatic rings. The smallest absolute Gasteiger partial charge is 0.261 e. The summed E-state index contributed by atoms with van der Waals surface area (Å²) in [5, 5.41) is 0.761. The molecule has 5 nitrogen and oxygen atoms in total. The normalized spacial score (nSPS) is 19.1. The van der Waals surface area contributed by atoms with E-state index in [0.29, 0.717) is 17.3 Å². The number of aromatic nitrogens is 2. The Hall–Kier alpha value is -1.40. The molecule has 108 valence electrons. The van der Waals surface area contributed by atoms with Gasteiger partial charge in [-0.1, -0.05) is 20.8 Å². The zero-order valence-electron chi connectivity index (χ0n) is 12.0. The minimum absolute atomic E-state index is 0.0883. The molecule has 0 saturated heterocycles. The summed E-state index contributed by atoms with van der Waals surface area (Å²) in [4.78, 5) is 21.4. The molecule has 1 atom stereocenters. The number of aryl methyl sites for hydroxylation is 1. The first kappa shape index (κ1) is 13.6. The van der Waals surface area contributed by atoms with Crippen molar-refractivity contribution in [1.82, 2.24) is 9.97 Å². The van der Waals surface area contributed by atoms with E-state index >= 15 is 0 Å². The van der Waals surface area contributed by atoms with Crippen molar-refractivity contribution in [3.63, 3.8) is 0 Å². The predicted octanol–water partition coefficient (Wildman–Crippen LogP) is 2.42. The van der Waals surface area contributed by atoms with Gasteiger partial charge in [0.25, 0.3) is 5.56 Å². The van der Waals surface area contributed by atoms with E-state index in [1.165, 1.54) is 10.4 Å². The van der Waals surface area contributed by atoms with Crippen molar-refractivity contribution >= 4 is 27.5 Å². The van der Waals surface area contributed by atoms with Crippen LogP contribution in [0.1, 0.15) is 37.6 Å². The molecule has 0 aliphatic heterocycles. The highest BCUT2D eigenvalue weighted by Gasteiger charge is 2.31. The third-order valence-electron chi connectivity index (χ3n) is 4.28. The van der Waals surface area contributed by atoms with Gasteiger partial charge in [0.15, 0.2) is 0 Å². The zero-order chi connectivity index (χ0) is 14.5.